The van der Waals surface area contributed by atoms with Crippen LogP contribution in [-0.2, 0) is 22.4 Å². The van der Waals surface area contributed by atoms with Crippen molar-refractivity contribution in [1.82, 2.24) is 10.2 Å². The normalized spacial score (nSPS) is 15.8. The van der Waals surface area contributed by atoms with Gasteiger partial charge in [-0.1, -0.05) is 36.4 Å². The van der Waals surface area contributed by atoms with Gasteiger partial charge in [0.15, 0.2) is 29.2 Å². The number of ether oxygens (including phenoxy) is 5. The summed E-state index contributed by atoms with van der Waals surface area (Å²) in [7, 11) is 8.12. The molecule has 0 aromatic heterocycles. The molecule has 1 aliphatic heterocycles. The second-order valence-electron chi connectivity index (χ2n) is 9.13. The Bertz CT molecular complexity index is 1230. The average Bonchev–Trinajstić information content (AvgIpc) is 2.96. The van der Waals surface area contributed by atoms with Gasteiger partial charge < -0.3 is 29.0 Å². The molecule has 3 aromatic carbocycles. The van der Waals surface area contributed by atoms with E-state index in [9.17, 15) is 4.79 Å². The Morgan fingerprint density at radius 3 is 2.18 bits per heavy atom. The van der Waals surface area contributed by atoms with E-state index in [0.717, 1.165) is 29.7 Å². The van der Waals surface area contributed by atoms with Gasteiger partial charge >= 0.3 is 0 Å². The molecule has 1 heterocycles. The third-order valence-electron chi connectivity index (χ3n) is 6.97. The predicted octanol–water partition coefficient (Wildman–Crippen LogP) is 4.32. The van der Waals surface area contributed by atoms with Crippen molar-refractivity contribution in [2.24, 2.45) is 0 Å². The number of hydrogen-bond acceptors (Lipinski definition) is 7. The summed E-state index contributed by atoms with van der Waals surface area (Å²) in [5, 5.41) is 3.03. The summed E-state index contributed by atoms with van der Waals surface area (Å²) in [4.78, 5) is 15.5. The molecule has 8 heteroatoms. The molecular formula is C30H36N2O6. The van der Waals surface area contributed by atoms with Crippen molar-refractivity contribution in [3.63, 3.8) is 0 Å². The summed E-state index contributed by atoms with van der Waals surface area (Å²) >= 11 is 0. The summed E-state index contributed by atoms with van der Waals surface area (Å²) in [5.41, 5.74) is 4.26. The third kappa shape index (κ3) is 6.03. The molecule has 0 aliphatic carbocycles. The van der Waals surface area contributed by atoms with E-state index in [1.807, 2.05) is 60.7 Å². The topological polar surface area (TPSA) is 78.5 Å². The molecule has 0 saturated carbocycles. The van der Waals surface area contributed by atoms with Gasteiger partial charge in [0.1, 0.15) is 0 Å². The van der Waals surface area contributed by atoms with Gasteiger partial charge in [-0.25, -0.2) is 0 Å². The van der Waals surface area contributed by atoms with Crippen LogP contribution in [0.2, 0.25) is 0 Å². The van der Waals surface area contributed by atoms with E-state index in [-0.39, 0.29) is 18.5 Å². The van der Waals surface area contributed by atoms with Crippen molar-refractivity contribution in [2.45, 2.75) is 25.1 Å². The monoisotopic (exact) mass is 520 g/mol. The largest absolute Gasteiger partial charge is 0.493 e. The third-order valence-corrected chi connectivity index (χ3v) is 6.97. The van der Waals surface area contributed by atoms with E-state index < -0.39 is 6.23 Å². The molecule has 0 fully saturated rings. The predicted molar refractivity (Wildman–Crippen MR) is 145 cm³/mol. The van der Waals surface area contributed by atoms with Crippen molar-refractivity contribution in [3.8, 4) is 23.0 Å². The van der Waals surface area contributed by atoms with Crippen molar-refractivity contribution < 1.29 is 28.5 Å². The zero-order valence-corrected chi connectivity index (χ0v) is 22.7. The molecule has 38 heavy (non-hydrogen) atoms. The molecule has 1 N–H and O–H groups in total. The molecule has 1 amide bonds. The summed E-state index contributed by atoms with van der Waals surface area (Å²) in [5.74, 6) is 2.60. The first-order valence-electron chi connectivity index (χ1n) is 12.6. The van der Waals surface area contributed by atoms with Crippen LogP contribution in [0.1, 0.15) is 34.5 Å². The molecule has 202 valence electrons. The maximum Gasteiger partial charge on any atom is 0.236 e. The molecule has 3 aromatic rings. The van der Waals surface area contributed by atoms with Gasteiger partial charge in [0.2, 0.25) is 5.91 Å². The first kappa shape index (κ1) is 27.3. The number of rotatable bonds is 11. The van der Waals surface area contributed by atoms with E-state index in [1.165, 1.54) is 5.56 Å². The first-order chi connectivity index (χ1) is 18.5. The summed E-state index contributed by atoms with van der Waals surface area (Å²) in [6, 6.07) is 19.6. The lowest BCUT2D eigenvalue weighted by atomic mass is 9.88. The Morgan fingerprint density at radius 1 is 0.868 bits per heavy atom. The second kappa shape index (κ2) is 12.7. The van der Waals surface area contributed by atoms with Crippen LogP contribution in [0.5, 0.6) is 23.0 Å². The fourth-order valence-electron chi connectivity index (χ4n) is 5.02. The highest BCUT2D eigenvalue weighted by atomic mass is 16.5. The van der Waals surface area contributed by atoms with Gasteiger partial charge in [0, 0.05) is 25.3 Å². The Hall–Kier alpha value is -3.75. The van der Waals surface area contributed by atoms with E-state index in [2.05, 4.69) is 10.2 Å². The van der Waals surface area contributed by atoms with Crippen molar-refractivity contribution >= 4 is 5.91 Å². The van der Waals surface area contributed by atoms with Gasteiger partial charge in [-0.2, -0.15) is 0 Å². The van der Waals surface area contributed by atoms with Crippen molar-refractivity contribution in [1.29, 1.82) is 0 Å². The van der Waals surface area contributed by atoms with Crippen LogP contribution >= 0.6 is 0 Å². The standard InChI is InChI=1S/C30H36N2O6/c1-34-25-12-11-20(16-26(25)35-2)15-24-23-18-28(37-4)27(36-3)17-22(23)13-14-32(24)19-29(33)31-30(38-5)21-9-7-6-8-10-21/h6-12,16-18,24,30H,13-15,19H2,1-5H3,(H,31,33)/t24-,30?/m0/s1. The number of hydrogen-bond donors (Lipinski definition) is 1. The van der Waals surface area contributed by atoms with Crippen LogP contribution in [0.25, 0.3) is 0 Å². The van der Waals surface area contributed by atoms with Crippen LogP contribution in [0, 0.1) is 0 Å². The van der Waals surface area contributed by atoms with Gasteiger partial charge in [-0.3, -0.25) is 9.69 Å². The average molecular weight is 521 g/mol. The number of nitrogens with zero attached hydrogens (tertiary/aromatic N) is 1. The Balaban J connectivity index is 1.63. The zero-order chi connectivity index (χ0) is 27.1. The van der Waals surface area contributed by atoms with Gasteiger partial charge in [0.05, 0.1) is 35.0 Å². The quantitative estimate of drug-likeness (QED) is 0.377. The highest BCUT2D eigenvalue weighted by Gasteiger charge is 2.31. The molecule has 4 rings (SSSR count). The SMILES string of the molecule is COc1ccc(C[C@H]2c3cc(OC)c(OC)cc3CCN2CC(=O)NC(OC)c2ccccc2)cc1OC. The molecule has 2 atom stereocenters. The van der Waals surface area contributed by atoms with Gasteiger partial charge in [0.25, 0.3) is 0 Å². The second-order valence-corrected chi connectivity index (χ2v) is 9.13. The molecule has 0 saturated heterocycles. The summed E-state index contributed by atoms with van der Waals surface area (Å²) in [6.45, 7) is 0.940. The van der Waals surface area contributed by atoms with E-state index in [0.29, 0.717) is 29.4 Å². The number of methoxy groups -OCH3 is 5. The Labute approximate surface area is 224 Å². The number of nitrogens with one attached hydrogen (secondary N) is 1. The highest BCUT2D eigenvalue weighted by Crippen LogP contribution is 2.40. The van der Waals surface area contributed by atoms with Gasteiger partial charge in [-0.15, -0.1) is 0 Å². The fourth-order valence-corrected chi connectivity index (χ4v) is 5.02. The minimum atomic E-state index is -0.519. The smallest absolute Gasteiger partial charge is 0.236 e. The minimum Gasteiger partial charge on any atom is -0.493 e. The highest BCUT2D eigenvalue weighted by molar-refractivity contribution is 5.78. The molecule has 1 unspecified atom stereocenters. The van der Waals surface area contributed by atoms with Gasteiger partial charge in [-0.05, 0) is 53.8 Å². The minimum absolute atomic E-state index is 0.0693. The number of amides is 1. The molecule has 0 radical (unpaired) electrons. The van der Waals surface area contributed by atoms with E-state index in [4.69, 9.17) is 23.7 Å². The zero-order valence-electron chi connectivity index (χ0n) is 22.7. The van der Waals surface area contributed by atoms with Crippen LogP contribution in [0.4, 0.5) is 0 Å². The van der Waals surface area contributed by atoms with E-state index in [1.54, 1.807) is 35.5 Å². The molecule has 0 bridgehead atoms. The lowest BCUT2D eigenvalue weighted by Gasteiger charge is -2.38. The first-order valence-corrected chi connectivity index (χ1v) is 12.6. The number of carbonyl (C=O) groups excluding carboxylic acids is 1. The van der Waals surface area contributed by atoms with Crippen LogP contribution in [0.15, 0.2) is 60.7 Å². The molecular weight excluding hydrogens is 484 g/mol. The number of benzene rings is 3. The van der Waals surface area contributed by atoms with Crippen molar-refractivity contribution in [2.75, 3.05) is 48.6 Å². The maximum atomic E-state index is 13.3. The summed E-state index contributed by atoms with van der Waals surface area (Å²) in [6.07, 6.45) is 0.940. The van der Waals surface area contributed by atoms with Crippen LogP contribution < -0.4 is 24.3 Å². The Morgan fingerprint density at radius 2 is 1.53 bits per heavy atom. The van der Waals surface area contributed by atoms with Crippen LogP contribution in [-0.4, -0.2) is 59.4 Å². The van der Waals surface area contributed by atoms with E-state index >= 15 is 0 Å². The van der Waals surface area contributed by atoms with Crippen LogP contribution in [0.3, 0.4) is 0 Å². The number of fused-ring (bicyclic) bond motifs is 1. The Kier molecular flexibility index (Phi) is 9.10. The molecule has 0 spiro atoms. The number of carbonyl (C=O) groups is 1. The lowest BCUT2D eigenvalue weighted by Crippen LogP contribution is -2.44. The maximum absolute atomic E-state index is 13.3. The molecule has 1 aliphatic rings. The molecule has 8 nitrogen and oxygen atoms in total. The fraction of sp³-hybridized carbons (Fsp3) is 0.367. The summed E-state index contributed by atoms with van der Waals surface area (Å²) < 4.78 is 27.7. The van der Waals surface area contributed by atoms with Crippen molar-refractivity contribution in [3.05, 3.63) is 82.9 Å². The lowest BCUT2D eigenvalue weighted by molar-refractivity contribution is -0.126.